The lowest BCUT2D eigenvalue weighted by Gasteiger charge is -2.36. The first kappa shape index (κ1) is 31.7. The van der Waals surface area contributed by atoms with Crippen molar-refractivity contribution in [1.82, 2.24) is 16.0 Å². The van der Waals surface area contributed by atoms with E-state index in [9.17, 15) is 14.4 Å². The molecule has 1 aromatic heterocycles. The van der Waals surface area contributed by atoms with Gasteiger partial charge in [0.1, 0.15) is 18.1 Å². The van der Waals surface area contributed by atoms with Crippen molar-refractivity contribution in [2.45, 2.75) is 18.3 Å². The molecule has 1 aliphatic rings. The predicted octanol–water partition coefficient (Wildman–Crippen LogP) is 5.45. The second kappa shape index (κ2) is 14.4. The summed E-state index contributed by atoms with van der Waals surface area (Å²) >= 11 is 14.0. The van der Waals surface area contributed by atoms with E-state index in [-0.39, 0.29) is 29.7 Å². The van der Waals surface area contributed by atoms with Gasteiger partial charge in [0, 0.05) is 26.0 Å². The van der Waals surface area contributed by atoms with Gasteiger partial charge < -0.3 is 20.5 Å². The van der Waals surface area contributed by atoms with Crippen LogP contribution in [0.25, 0.3) is 21.6 Å². The number of hydrogen-bond donors (Lipinski definition) is 4. The average Bonchev–Trinajstić information content (AvgIpc) is 3.43. The largest absolute Gasteiger partial charge is 0.489 e. The summed E-state index contributed by atoms with van der Waals surface area (Å²) in [5.41, 5.74) is 1.99. The minimum atomic E-state index is -0.875. The minimum absolute atomic E-state index is 0.00112. The van der Waals surface area contributed by atoms with E-state index in [1.165, 1.54) is 11.3 Å². The number of aliphatic hydroxyl groups is 1. The third kappa shape index (κ3) is 6.82. The van der Waals surface area contributed by atoms with Crippen LogP contribution < -0.4 is 20.7 Å². The molecule has 0 spiro atoms. The number of carbonyl (C=O) groups excluding carboxylic acids is 3. The molecule has 0 radical (unpaired) electrons. The van der Waals surface area contributed by atoms with Crippen molar-refractivity contribution in [3.8, 4) is 27.3 Å². The summed E-state index contributed by atoms with van der Waals surface area (Å²) in [6.45, 7) is 0.709. The second-order valence-corrected chi connectivity index (χ2v) is 12.2. The van der Waals surface area contributed by atoms with Crippen molar-refractivity contribution in [2.24, 2.45) is 0 Å². The van der Waals surface area contributed by atoms with Crippen molar-refractivity contribution < 1.29 is 24.2 Å². The van der Waals surface area contributed by atoms with Gasteiger partial charge in [-0.05, 0) is 55.3 Å². The fourth-order valence-electron chi connectivity index (χ4n) is 5.35. The lowest BCUT2D eigenvalue weighted by atomic mass is 9.72. The first-order valence-corrected chi connectivity index (χ1v) is 15.7. The van der Waals surface area contributed by atoms with E-state index in [0.29, 0.717) is 52.0 Å². The number of imide groups is 1. The number of hydrogen-bond acceptors (Lipinski definition) is 7. The van der Waals surface area contributed by atoms with Crippen LogP contribution in [-0.4, -0.2) is 55.7 Å². The zero-order valence-corrected chi connectivity index (χ0v) is 26.0. The van der Waals surface area contributed by atoms with Crippen molar-refractivity contribution in [3.63, 3.8) is 0 Å². The normalized spacial score (nSPS) is 14.1. The summed E-state index contributed by atoms with van der Waals surface area (Å²) in [5.74, 6) is -1.28. The Morgan fingerprint density at radius 2 is 1.61 bits per heavy atom. The average molecular weight is 653 g/mol. The number of rotatable bonds is 10. The molecule has 8 nitrogen and oxygen atoms in total. The van der Waals surface area contributed by atoms with Gasteiger partial charge >= 0.3 is 0 Å². The van der Waals surface area contributed by atoms with Crippen LogP contribution in [-0.2, 0) is 15.0 Å². The Bertz CT molecular complexity index is 1640. The van der Waals surface area contributed by atoms with Gasteiger partial charge in [-0.3, -0.25) is 19.7 Å². The van der Waals surface area contributed by atoms with Crippen LogP contribution in [0, 0.1) is 0 Å². The highest BCUT2D eigenvalue weighted by molar-refractivity contribution is 7.18. The molecular weight excluding hydrogens is 621 g/mol. The fraction of sp³-hybridized carbons (Fsp3) is 0.242. The zero-order chi connectivity index (χ0) is 31.1. The summed E-state index contributed by atoms with van der Waals surface area (Å²) in [6.07, 6.45) is 1.07. The molecule has 0 unspecified atom stereocenters. The number of thiophene rings is 1. The Morgan fingerprint density at radius 1 is 0.932 bits per heavy atom. The van der Waals surface area contributed by atoms with E-state index >= 15 is 0 Å². The number of benzene rings is 3. The second-order valence-electron chi connectivity index (χ2n) is 10.3. The van der Waals surface area contributed by atoms with Gasteiger partial charge in [-0.15, -0.1) is 11.3 Å². The molecule has 1 saturated heterocycles. The van der Waals surface area contributed by atoms with E-state index < -0.39 is 23.8 Å². The van der Waals surface area contributed by atoms with Crippen molar-refractivity contribution in [1.29, 1.82) is 0 Å². The summed E-state index contributed by atoms with van der Waals surface area (Å²) in [7, 11) is 0. The van der Waals surface area contributed by atoms with Crippen LogP contribution in [0.5, 0.6) is 5.75 Å². The first-order valence-electron chi connectivity index (χ1n) is 14.1. The van der Waals surface area contributed by atoms with Gasteiger partial charge in [0.15, 0.2) is 5.75 Å². The van der Waals surface area contributed by atoms with Crippen LogP contribution in [0.2, 0.25) is 10.0 Å². The van der Waals surface area contributed by atoms with E-state index in [0.717, 1.165) is 11.1 Å². The Labute approximate surface area is 269 Å². The van der Waals surface area contributed by atoms with Crippen LogP contribution >= 0.6 is 34.5 Å². The van der Waals surface area contributed by atoms with Gasteiger partial charge in [0.25, 0.3) is 5.91 Å². The summed E-state index contributed by atoms with van der Waals surface area (Å²) in [4.78, 5) is 40.5. The molecule has 3 amide bonds. The number of ether oxygens (including phenoxy) is 1. The number of amides is 3. The molecule has 1 aliphatic heterocycles. The van der Waals surface area contributed by atoms with E-state index in [1.807, 2.05) is 60.7 Å². The molecule has 0 bridgehead atoms. The van der Waals surface area contributed by atoms with Crippen molar-refractivity contribution in [3.05, 3.63) is 99.3 Å². The maximum atomic E-state index is 14.1. The molecule has 11 heteroatoms. The fourth-order valence-corrected chi connectivity index (χ4v) is 6.97. The van der Waals surface area contributed by atoms with E-state index in [4.69, 9.17) is 33.0 Å². The lowest BCUT2D eigenvalue weighted by molar-refractivity contribution is -0.127. The molecule has 3 aromatic carbocycles. The molecule has 44 heavy (non-hydrogen) atoms. The minimum Gasteiger partial charge on any atom is -0.489 e. The number of carbonyl (C=O) groups is 3. The topological polar surface area (TPSA) is 117 Å². The molecule has 0 atom stereocenters. The monoisotopic (exact) mass is 651 g/mol. The Balaban J connectivity index is 1.58. The standard InChI is InChI=1S/C33H31Cl2N3O5S/c34-23-12-10-21(11-13-23)27-28(43-19-18-37-26(40)20-39)30(44-29(27)24-8-4-5-9-25(24)35)31(41)38-32(42)33(14-16-36-17-15-33)22-6-2-1-3-7-22/h1-13,36,39H,14-20H2,(H,37,40)(H,38,41,42). The highest BCUT2D eigenvalue weighted by Crippen LogP contribution is 2.50. The van der Waals surface area contributed by atoms with Crippen molar-refractivity contribution >= 4 is 52.3 Å². The van der Waals surface area contributed by atoms with E-state index in [2.05, 4.69) is 16.0 Å². The van der Waals surface area contributed by atoms with Gasteiger partial charge in [-0.2, -0.15) is 0 Å². The molecule has 228 valence electrons. The molecule has 1 fully saturated rings. The SMILES string of the molecule is O=C(CO)NCCOc1c(C(=O)NC(=O)C2(c3ccccc3)CCNCC2)sc(-c2ccccc2Cl)c1-c1ccc(Cl)cc1. The third-order valence-electron chi connectivity index (χ3n) is 7.58. The van der Waals surface area contributed by atoms with Crippen molar-refractivity contribution in [2.75, 3.05) is 32.8 Å². The Kier molecular flexibility index (Phi) is 10.3. The van der Waals surface area contributed by atoms with Crippen LogP contribution in [0.4, 0.5) is 0 Å². The van der Waals surface area contributed by atoms with Gasteiger partial charge in [-0.1, -0.05) is 83.9 Å². The number of halogens is 2. The number of aliphatic hydroxyl groups excluding tert-OH is 1. The molecule has 4 aromatic rings. The van der Waals surface area contributed by atoms with E-state index in [1.54, 1.807) is 18.2 Å². The molecule has 0 aliphatic carbocycles. The van der Waals surface area contributed by atoms with Gasteiger partial charge in [0.05, 0.1) is 12.0 Å². The van der Waals surface area contributed by atoms with Crippen LogP contribution in [0.15, 0.2) is 78.9 Å². The highest BCUT2D eigenvalue weighted by atomic mass is 35.5. The summed E-state index contributed by atoms with van der Waals surface area (Å²) in [5, 5.41) is 18.6. The predicted molar refractivity (Wildman–Crippen MR) is 173 cm³/mol. The summed E-state index contributed by atoms with van der Waals surface area (Å²) in [6, 6.07) is 23.9. The first-order chi connectivity index (χ1) is 21.3. The smallest absolute Gasteiger partial charge is 0.271 e. The van der Waals surface area contributed by atoms with Crippen LogP contribution in [0.1, 0.15) is 28.1 Å². The van der Waals surface area contributed by atoms with Crippen LogP contribution in [0.3, 0.4) is 0 Å². The molecular formula is C33H31Cl2N3O5S. The molecule has 2 heterocycles. The highest BCUT2D eigenvalue weighted by Gasteiger charge is 2.42. The number of nitrogens with one attached hydrogen (secondary N) is 3. The lowest BCUT2D eigenvalue weighted by Crippen LogP contribution is -2.52. The molecule has 5 rings (SSSR count). The molecule has 4 N–H and O–H groups in total. The quantitative estimate of drug-likeness (QED) is 0.134. The maximum absolute atomic E-state index is 14.1. The zero-order valence-electron chi connectivity index (χ0n) is 23.7. The third-order valence-corrected chi connectivity index (χ3v) is 9.37. The van der Waals surface area contributed by atoms with Gasteiger partial charge in [0.2, 0.25) is 11.8 Å². The summed E-state index contributed by atoms with van der Waals surface area (Å²) < 4.78 is 6.20. The molecule has 0 saturated carbocycles. The Morgan fingerprint density at radius 3 is 2.30 bits per heavy atom. The van der Waals surface area contributed by atoms with Gasteiger partial charge in [-0.25, -0.2) is 0 Å². The number of piperidine rings is 1. The Hall–Kier alpha value is -3.73. The maximum Gasteiger partial charge on any atom is 0.271 e.